The summed E-state index contributed by atoms with van der Waals surface area (Å²) in [5.41, 5.74) is 2.37. The van der Waals surface area contributed by atoms with Crippen LogP contribution in [0.1, 0.15) is 141 Å². The summed E-state index contributed by atoms with van der Waals surface area (Å²) in [4.78, 5) is 144. The van der Waals surface area contributed by atoms with Crippen LogP contribution in [0.2, 0.25) is 0 Å². The maximum atomic E-state index is 13.7. The van der Waals surface area contributed by atoms with Crippen molar-refractivity contribution in [3.8, 4) is 0 Å². The fourth-order valence-corrected chi connectivity index (χ4v) is 15.8. The van der Waals surface area contributed by atoms with Crippen LogP contribution in [0, 0.1) is 28.1 Å². The maximum absolute atomic E-state index is 13.7. The van der Waals surface area contributed by atoms with Crippen molar-refractivity contribution in [2.45, 2.75) is 159 Å². The largest absolute Gasteiger partial charge is 0.481 e. The summed E-state index contributed by atoms with van der Waals surface area (Å²) in [5.74, 6) is -14.6. The maximum Gasteiger partial charge on any atom is 0.326 e. The first-order valence-electron chi connectivity index (χ1n) is 24.2. The Morgan fingerprint density at radius 3 is 1.17 bits per heavy atom. The first kappa shape index (κ1) is 61.3. The molecule has 0 aliphatic heterocycles. The van der Waals surface area contributed by atoms with Crippen molar-refractivity contribution in [1.29, 1.82) is 0 Å². The number of carbonyl (C=O) groups is 10. The van der Waals surface area contributed by atoms with E-state index >= 15 is 0 Å². The summed E-state index contributed by atoms with van der Waals surface area (Å²) < 4.78 is 26.0. The van der Waals surface area contributed by atoms with Gasteiger partial charge in [-0.1, -0.05) is 6.42 Å². The van der Waals surface area contributed by atoms with Gasteiger partial charge < -0.3 is 67.2 Å². The van der Waals surface area contributed by atoms with Crippen molar-refractivity contribution in [3.05, 3.63) is 0 Å². The molecule has 4 aliphatic carbocycles. The zero-order valence-electron chi connectivity index (χ0n) is 40.3. The van der Waals surface area contributed by atoms with E-state index in [-0.39, 0.29) is 50.9 Å². The number of nitrogens with one attached hydrogen (secondary N) is 3. The number of carboxylic acid groups (broad SMARTS) is 7. The molecular weight excluding hydrogens is 994 g/mol. The predicted octanol–water partition coefficient (Wildman–Crippen LogP) is 2.72. The molecule has 0 radical (unpaired) electrons. The van der Waals surface area contributed by atoms with Gasteiger partial charge in [0.15, 0.2) is 0 Å². The van der Waals surface area contributed by atoms with Gasteiger partial charge in [-0.25, -0.2) is 9.59 Å². The molecule has 72 heavy (non-hydrogen) atoms. The smallest absolute Gasteiger partial charge is 0.326 e. The van der Waals surface area contributed by atoms with Gasteiger partial charge in [0.25, 0.3) is 0 Å². The number of hydrogen-bond donors (Lipinski definition) is 13. The summed E-state index contributed by atoms with van der Waals surface area (Å²) >= 11 is 0. The van der Waals surface area contributed by atoms with Gasteiger partial charge in [0.2, 0.25) is 32.5 Å². The van der Waals surface area contributed by atoms with E-state index in [2.05, 4.69) is 16.0 Å². The average Bonchev–Trinajstić information content (AvgIpc) is 3.25. The van der Waals surface area contributed by atoms with Crippen LogP contribution in [0.3, 0.4) is 0 Å². The topological polar surface area (TPSA) is 449 Å². The van der Waals surface area contributed by atoms with E-state index in [4.69, 9.17) is 15.9 Å². The molecule has 4 fully saturated rings. The van der Waals surface area contributed by atoms with E-state index in [9.17, 15) is 92.4 Å². The number of aliphatic carboxylic acids is 7. The standard InChI is InChI=1S/C45H72N4O21P2/c46-17-3-1-2-4-34(52)49-45-25-42(14-9-32(50)47-30(40(63)64)12-18-71(67,68)20-28(38(59)60)5-7-35(53)54)22-43(26-45,24-44(23-42,27-45)16-11-37(57)58)15-10-33(51)48-31(41(65)66)13-19-72(69,70)21-29(39(61)62)6-8-36(55)56/h28-31H,1-27,46H2,(H,47,50)(H,48,51)(H,49,52)(H,53,54)(H,55,56)(H,57,58)(H,59,60)(H,61,62)(H,63,64)(H,65,66)(H,67,68)(H,69,70)/t28?,29?,30-,31-,42-,43+,44?,45?/m0/s1. The fraction of sp³-hybridized carbons (Fsp3) is 0.778. The second kappa shape index (κ2) is 26.3. The van der Waals surface area contributed by atoms with E-state index in [0.717, 1.165) is 0 Å². The Kier molecular flexibility index (Phi) is 22.4. The first-order chi connectivity index (χ1) is 33.4. The number of rotatable bonds is 37. The average molecular weight is 1070 g/mol. The minimum atomic E-state index is -4.35. The first-order valence-corrected chi connectivity index (χ1v) is 28.2. The monoisotopic (exact) mass is 1070 g/mol. The molecule has 4 aliphatic rings. The van der Waals surface area contributed by atoms with Crippen LogP contribution >= 0.6 is 14.7 Å². The molecule has 0 aromatic carbocycles. The van der Waals surface area contributed by atoms with Gasteiger partial charge >= 0.3 is 41.8 Å². The molecular formula is C45H72N4O21P2. The second-order valence-corrected chi connectivity index (χ2v) is 25.8. The normalized spacial score (nSPS) is 25.3. The van der Waals surface area contributed by atoms with Gasteiger partial charge in [-0.05, 0) is 119 Å². The quantitative estimate of drug-likeness (QED) is 0.0314. The molecule has 0 heterocycles. The van der Waals surface area contributed by atoms with Crippen molar-refractivity contribution < 1.29 is 103 Å². The van der Waals surface area contributed by atoms with Crippen LogP contribution in [-0.4, -0.2) is 154 Å². The Morgan fingerprint density at radius 1 is 0.458 bits per heavy atom. The highest BCUT2D eigenvalue weighted by molar-refractivity contribution is 7.58. The van der Waals surface area contributed by atoms with E-state index in [0.29, 0.717) is 64.3 Å². The Morgan fingerprint density at radius 2 is 0.833 bits per heavy atom. The van der Waals surface area contributed by atoms with Crippen LogP contribution in [0.5, 0.6) is 0 Å². The van der Waals surface area contributed by atoms with Crippen LogP contribution in [0.25, 0.3) is 0 Å². The molecule has 0 saturated heterocycles. The molecule has 4 saturated carbocycles. The second-order valence-electron chi connectivity index (χ2n) is 20.8. The van der Waals surface area contributed by atoms with E-state index in [1.807, 2.05) is 0 Å². The minimum absolute atomic E-state index is 0.103. The number of amides is 3. The van der Waals surface area contributed by atoms with Crippen molar-refractivity contribution in [1.82, 2.24) is 16.0 Å². The molecule has 10 atom stereocenters. The highest BCUT2D eigenvalue weighted by Crippen LogP contribution is 2.74. The van der Waals surface area contributed by atoms with Crippen molar-refractivity contribution in [2.24, 2.45) is 33.8 Å². The van der Waals surface area contributed by atoms with Crippen LogP contribution < -0.4 is 21.7 Å². The lowest BCUT2D eigenvalue weighted by molar-refractivity contribution is -0.190. The molecule has 6 unspecified atom stereocenters. The number of unbranched alkanes of at least 4 members (excludes halogenated alkanes) is 2. The molecule has 14 N–H and O–H groups in total. The van der Waals surface area contributed by atoms with Gasteiger partial charge in [0.1, 0.15) is 12.1 Å². The Hall–Kier alpha value is -4.96. The summed E-state index contributed by atoms with van der Waals surface area (Å²) in [5, 5.41) is 74.7. The third-order valence-electron chi connectivity index (χ3n) is 14.5. The summed E-state index contributed by atoms with van der Waals surface area (Å²) in [6.45, 7) is 0.432. The van der Waals surface area contributed by atoms with Crippen molar-refractivity contribution in [2.75, 3.05) is 31.2 Å². The van der Waals surface area contributed by atoms with Gasteiger partial charge in [0, 0.05) is 68.7 Å². The minimum Gasteiger partial charge on any atom is -0.481 e. The van der Waals surface area contributed by atoms with Crippen LogP contribution in [0.4, 0.5) is 0 Å². The molecule has 4 rings (SSSR count). The van der Waals surface area contributed by atoms with E-state index < -0.39 is 177 Å². The molecule has 0 spiro atoms. The summed E-state index contributed by atoms with van der Waals surface area (Å²) in [6.07, 6.45) is -2.38. The zero-order chi connectivity index (χ0) is 54.3. The Bertz CT molecular complexity index is 2020. The van der Waals surface area contributed by atoms with Gasteiger partial charge in [-0.15, -0.1) is 0 Å². The fourth-order valence-electron chi connectivity index (χ4n) is 12.1. The van der Waals surface area contributed by atoms with E-state index in [1.165, 1.54) is 0 Å². The lowest BCUT2D eigenvalue weighted by Crippen LogP contribution is -2.69. The molecule has 0 aromatic rings. The third-order valence-corrected chi connectivity index (χ3v) is 18.4. The van der Waals surface area contributed by atoms with Crippen LogP contribution in [-0.2, 0) is 57.1 Å². The number of carbonyl (C=O) groups excluding carboxylic acids is 3. The third kappa shape index (κ3) is 19.8. The molecule has 3 amide bonds. The Balaban J connectivity index is 1.87. The van der Waals surface area contributed by atoms with Gasteiger partial charge in [-0.2, -0.15) is 0 Å². The zero-order valence-corrected chi connectivity index (χ0v) is 42.1. The molecule has 27 heteroatoms. The number of nitrogens with two attached hydrogens (primary N) is 1. The molecule has 0 aromatic heterocycles. The van der Waals surface area contributed by atoms with Crippen LogP contribution in [0.15, 0.2) is 0 Å². The lowest BCUT2D eigenvalue weighted by atomic mass is 9.35. The highest BCUT2D eigenvalue weighted by atomic mass is 31.2. The number of carboxylic acids is 7. The molecule has 25 nitrogen and oxygen atoms in total. The summed E-state index contributed by atoms with van der Waals surface area (Å²) in [6, 6.07) is -3.37. The van der Waals surface area contributed by atoms with Gasteiger partial charge in [-0.3, -0.25) is 47.5 Å². The number of hydrogen-bond acceptors (Lipinski definition) is 13. The predicted molar refractivity (Wildman–Crippen MR) is 252 cm³/mol. The molecule has 4 bridgehead atoms. The SMILES string of the molecule is NCCCCCC(=O)NC12CC3(CCC(=O)O)C[C@@](CCC(=O)N[C@@H](CCP(=O)(O)CC(CCC(=O)O)C(=O)O)C(=O)O)(C1)C[C@](CCC(=O)N[C@@H](CCP(=O)(O)CC(CCC(=O)O)C(=O)O)C(=O)O)(C3)C2. The molecule has 408 valence electrons. The highest BCUT2D eigenvalue weighted by Gasteiger charge is 2.68. The van der Waals surface area contributed by atoms with Crippen molar-refractivity contribution >= 4 is 74.2 Å². The summed E-state index contributed by atoms with van der Waals surface area (Å²) in [7, 11) is -8.69. The van der Waals surface area contributed by atoms with Gasteiger partial charge in [0.05, 0.1) is 11.8 Å². The van der Waals surface area contributed by atoms with Crippen molar-refractivity contribution in [3.63, 3.8) is 0 Å². The Labute approximate surface area is 415 Å². The lowest BCUT2D eigenvalue weighted by Gasteiger charge is -2.71. The van der Waals surface area contributed by atoms with E-state index in [1.54, 1.807) is 0 Å².